The van der Waals surface area contributed by atoms with Gasteiger partial charge >= 0.3 is 41.8 Å². The van der Waals surface area contributed by atoms with E-state index in [1.165, 1.54) is 30.3 Å². The Morgan fingerprint density at radius 3 is 1.68 bits per heavy atom. The van der Waals surface area contributed by atoms with Gasteiger partial charge in [0.25, 0.3) is 0 Å². The number of esters is 1. The number of aryl methyl sites for hydroxylation is 1. The number of halogens is 13. The summed E-state index contributed by atoms with van der Waals surface area (Å²) in [4.78, 5) is 11.9. The van der Waals surface area contributed by atoms with Crippen LogP contribution in [0, 0.1) is 5.92 Å². The molecular formula is C19H17F13O2. The van der Waals surface area contributed by atoms with Crippen LogP contribution in [-0.4, -0.2) is 48.4 Å². The van der Waals surface area contributed by atoms with Crippen molar-refractivity contribution in [3.63, 3.8) is 0 Å². The number of ether oxygens (including phenoxy) is 1. The van der Waals surface area contributed by atoms with Crippen molar-refractivity contribution in [2.24, 2.45) is 5.92 Å². The lowest BCUT2D eigenvalue weighted by Crippen LogP contribution is -2.70. The minimum absolute atomic E-state index is 0.287. The van der Waals surface area contributed by atoms with E-state index in [4.69, 9.17) is 0 Å². The van der Waals surface area contributed by atoms with Crippen molar-refractivity contribution < 1.29 is 66.6 Å². The molecule has 34 heavy (non-hydrogen) atoms. The second-order valence-electron chi connectivity index (χ2n) is 7.18. The molecule has 1 atom stereocenters. The van der Waals surface area contributed by atoms with Gasteiger partial charge in [-0.15, -0.1) is 0 Å². The summed E-state index contributed by atoms with van der Waals surface area (Å²) < 4.78 is 177. The van der Waals surface area contributed by atoms with Crippen LogP contribution in [0.2, 0.25) is 0 Å². The fourth-order valence-electron chi connectivity index (χ4n) is 2.79. The molecule has 196 valence electrons. The molecule has 1 unspecified atom stereocenters. The lowest BCUT2D eigenvalue weighted by atomic mass is 9.87. The van der Waals surface area contributed by atoms with Crippen molar-refractivity contribution in [1.82, 2.24) is 0 Å². The molecule has 0 aliphatic rings. The predicted octanol–water partition coefficient (Wildman–Crippen LogP) is 6.93. The topological polar surface area (TPSA) is 26.3 Å². The Kier molecular flexibility index (Phi) is 8.59. The fourth-order valence-corrected chi connectivity index (χ4v) is 2.79. The highest BCUT2D eigenvalue weighted by atomic mass is 19.4. The van der Waals surface area contributed by atoms with Crippen LogP contribution >= 0.6 is 0 Å². The average molecular weight is 524 g/mol. The number of hydrogen-bond acceptors (Lipinski definition) is 2. The molecule has 0 saturated carbocycles. The maximum Gasteiger partial charge on any atom is 0.460 e. The van der Waals surface area contributed by atoms with E-state index in [1.807, 2.05) is 0 Å². The van der Waals surface area contributed by atoms with Gasteiger partial charge in [-0.3, -0.25) is 4.79 Å². The first-order valence-corrected chi connectivity index (χ1v) is 9.33. The van der Waals surface area contributed by atoms with E-state index in [1.54, 1.807) is 0 Å². The van der Waals surface area contributed by atoms with Crippen LogP contribution in [0.25, 0.3) is 0 Å². The monoisotopic (exact) mass is 524 g/mol. The number of carbonyl (C=O) groups is 1. The fraction of sp³-hybridized carbons (Fsp3) is 0.632. The van der Waals surface area contributed by atoms with Gasteiger partial charge in [-0.2, -0.15) is 57.1 Å². The molecule has 1 aromatic rings. The van der Waals surface area contributed by atoms with Crippen LogP contribution < -0.4 is 0 Å². The maximum absolute atomic E-state index is 14.2. The molecule has 0 amide bonds. The van der Waals surface area contributed by atoms with E-state index in [2.05, 4.69) is 4.74 Å². The minimum Gasteiger partial charge on any atom is -0.466 e. The highest BCUT2D eigenvalue weighted by Crippen LogP contribution is 2.61. The van der Waals surface area contributed by atoms with Crippen LogP contribution in [0.5, 0.6) is 0 Å². The molecule has 0 saturated heterocycles. The molecule has 0 bridgehead atoms. The van der Waals surface area contributed by atoms with E-state index in [9.17, 15) is 61.9 Å². The summed E-state index contributed by atoms with van der Waals surface area (Å²) in [5, 5.41) is 0. The van der Waals surface area contributed by atoms with Crippen molar-refractivity contribution >= 4 is 5.97 Å². The standard InChI is InChI=1S/C19H17F13O2/c1-2-34-13(33)12(9-8-11-6-4-3-5-7-11)10-14(20,21)15(22,23)16(24,25)17(26,27)18(28,29)19(30,31)32/h3-7,12H,2,8-10H2,1H3. The van der Waals surface area contributed by atoms with Crippen molar-refractivity contribution in [1.29, 1.82) is 0 Å². The Bertz CT molecular complexity index is 819. The summed E-state index contributed by atoms with van der Waals surface area (Å²) in [6.07, 6.45) is -11.1. The molecule has 0 aliphatic heterocycles. The summed E-state index contributed by atoms with van der Waals surface area (Å²) in [7, 11) is 0. The molecule has 1 aromatic carbocycles. The number of carbonyl (C=O) groups excluding carboxylic acids is 1. The van der Waals surface area contributed by atoms with E-state index in [-0.39, 0.29) is 6.42 Å². The van der Waals surface area contributed by atoms with Gasteiger partial charge in [-0.05, 0) is 25.3 Å². The van der Waals surface area contributed by atoms with Gasteiger partial charge in [0.15, 0.2) is 0 Å². The van der Waals surface area contributed by atoms with E-state index in [0.29, 0.717) is 5.56 Å². The van der Waals surface area contributed by atoms with Crippen LogP contribution in [0.1, 0.15) is 25.3 Å². The molecule has 0 aromatic heterocycles. The van der Waals surface area contributed by atoms with Crippen molar-refractivity contribution in [2.45, 2.75) is 62.0 Å². The van der Waals surface area contributed by atoms with Gasteiger partial charge in [0.2, 0.25) is 0 Å². The first kappa shape index (κ1) is 29.8. The molecule has 2 nitrogen and oxygen atoms in total. The third-order valence-corrected chi connectivity index (χ3v) is 4.75. The van der Waals surface area contributed by atoms with Crippen LogP contribution in [0.3, 0.4) is 0 Å². The summed E-state index contributed by atoms with van der Waals surface area (Å²) in [6, 6.07) is 7.26. The third-order valence-electron chi connectivity index (χ3n) is 4.75. The Morgan fingerprint density at radius 2 is 1.24 bits per heavy atom. The molecular weight excluding hydrogens is 507 g/mol. The maximum atomic E-state index is 14.2. The Balaban J connectivity index is 3.33. The Morgan fingerprint density at radius 1 is 0.765 bits per heavy atom. The summed E-state index contributed by atoms with van der Waals surface area (Å²) in [5.41, 5.74) is 0.355. The molecule has 0 fully saturated rings. The molecule has 1 rings (SSSR count). The zero-order valence-electron chi connectivity index (χ0n) is 17.0. The van der Waals surface area contributed by atoms with Crippen LogP contribution in [-0.2, 0) is 16.0 Å². The number of hydrogen-bond donors (Lipinski definition) is 0. The highest BCUT2D eigenvalue weighted by Gasteiger charge is 2.90. The molecule has 0 spiro atoms. The third kappa shape index (κ3) is 5.37. The SMILES string of the molecule is CCOC(=O)C(CCc1ccccc1)CC(F)(F)C(F)(F)C(F)(F)C(F)(F)C(F)(F)C(F)(F)F. The Labute approximate surface area is 184 Å². The smallest absolute Gasteiger partial charge is 0.460 e. The van der Waals surface area contributed by atoms with Crippen molar-refractivity contribution in [3.05, 3.63) is 35.9 Å². The van der Waals surface area contributed by atoms with E-state index in [0.717, 1.165) is 6.92 Å². The van der Waals surface area contributed by atoms with E-state index >= 15 is 0 Å². The minimum atomic E-state index is -7.98. The normalized spacial score (nSPS) is 15.2. The van der Waals surface area contributed by atoms with Gasteiger partial charge in [0.1, 0.15) is 0 Å². The zero-order valence-corrected chi connectivity index (χ0v) is 17.0. The second kappa shape index (κ2) is 9.80. The van der Waals surface area contributed by atoms with Gasteiger partial charge in [-0.25, -0.2) is 0 Å². The lowest BCUT2D eigenvalue weighted by Gasteiger charge is -2.40. The quantitative estimate of drug-likeness (QED) is 0.232. The van der Waals surface area contributed by atoms with Crippen LogP contribution in [0.15, 0.2) is 30.3 Å². The van der Waals surface area contributed by atoms with Gasteiger partial charge in [-0.1, -0.05) is 30.3 Å². The summed E-state index contributed by atoms with van der Waals surface area (Å²) in [6.45, 7) is 0.668. The van der Waals surface area contributed by atoms with Crippen molar-refractivity contribution in [2.75, 3.05) is 6.61 Å². The van der Waals surface area contributed by atoms with Gasteiger partial charge in [0.05, 0.1) is 12.5 Å². The van der Waals surface area contributed by atoms with Crippen LogP contribution in [0.4, 0.5) is 57.1 Å². The highest BCUT2D eigenvalue weighted by molar-refractivity contribution is 5.72. The average Bonchev–Trinajstić information content (AvgIpc) is 2.70. The Hall–Kier alpha value is -2.22. The lowest BCUT2D eigenvalue weighted by molar-refractivity contribution is -0.440. The van der Waals surface area contributed by atoms with Gasteiger partial charge < -0.3 is 4.74 Å². The molecule has 0 heterocycles. The molecule has 0 radical (unpaired) electrons. The second-order valence-corrected chi connectivity index (χ2v) is 7.18. The summed E-state index contributed by atoms with van der Waals surface area (Å²) >= 11 is 0. The van der Waals surface area contributed by atoms with Crippen molar-refractivity contribution in [3.8, 4) is 0 Å². The number of rotatable bonds is 11. The number of alkyl halides is 13. The number of benzene rings is 1. The van der Waals surface area contributed by atoms with E-state index < -0.39 is 67.1 Å². The molecule has 15 heteroatoms. The first-order chi connectivity index (χ1) is 15.2. The van der Waals surface area contributed by atoms with Gasteiger partial charge in [0, 0.05) is 6.42 Å². The summed E-state index contributed by atoms with van der Waals surface area (Å²) in [5.74, 6) is -41.4. The zero-order chi connectivity index (χ0) is 26.8. The largest absolute Gasteiger partial charge is 0.466 e. The first-order valence-electron chi connectivity index (χ1n) is 9.33. The predicted molar refractivity (Wildman–Crippen MR) is 90.3 cm³/mol. The molecule has 0 aliphatic carbocycles. The molecule has 0 N–H and O–H groups in total.